The van der Waals surface area contributed by atoms with Gasteiger partial charge in [-0.2, -0.15) is 0 Å². The molecule has 0 saturated heterocycles. The third kappa shape index (κ3) is 4.29. The predicted octanol–water partition coefficient (Wildman–Crippen LogP) is 4.09. The minimum absolute atomic E-state index is 0.166. The van der Waals surface area contributed by atoms with E-state index in [1.54, 1.807) is 20.0 Å². The van der Waals surface area contributed by atoms with Gasteiger partial charge in [0.05, 0.1) is 18.1 Å². The number of carbonyl (C=O) groups is 1. The minimum atomic E-state index is -0.543. The van der Waals surface area contributed by atoms with E-state index in [4.69, 9.17) is 4.74 Å². The van der Waals surface area contributed by atoms with Crippen LogP contribution in [0.15, 0.2) is 34.1 Å². The maximum absolute atomic E-state index is 12.5. The number of rotatable bonds is 6. The lowest BCUT2D eigenvalue weighted by Gasteiger charge is -2.16. The zero-order valence-electron chi connectivity index (χ0n) is 12.6. The Hall–Kier alpha value is -1.93. The summed E-state index contributed by atoms with van der Waals surface area (Å²) in [6, 6.07) is 6.20. The molecule has 0 saturated carbocycles. The van der Waals surface area contributed by atoms with Crippen LogP contribution in [0.5, 0.6) is 5.75 Å². The van der Waals surface area contributed by atoms with Gasteiger partial charge in [0.25, 0.3) is 5.91 Å². The summed E-state index contributed by atoms with van der Waals surface area (Å²) in [6.45, 7) is 2.51. The highest BCUT2D eigenvalue weighted by molar-refractivity contribution is 9.10. The van der Waals surface area contributed by atoms with Gasteiger partial charge in [-0.3, -0.25) is 14.9 Å². The van der Waals surface area contributed by atoms with Gasteiger partial charge in [0.15, 0.2) is 5.75 Å². The molecule has 0 N–H and O–H groups in total. The zero-order chi connectivity index (χ0) is 17.0. The second kappa shape index (κ2) is 7.56. The van der Waals surface area contributed by atoms with Crippen molar-refractivity contribution in [3.05, 3.63) is 54.7 Å². The van der Waals surface area contributed by atoms with Crippen LogP contribution in [0.25, 0.3) is 0 Å². The van der Waals surface area contributed by atoms with Crippen molar-refractivity contribution in [2.24, 2.45) is 0 Å². The molecule has 2 aromatic rings. The first kappa shape index (κ1) is 17.4. The molecule has 0 unspecified atom stereocenters. The van der Waals surface area contributed by atoms with Crippen molar-refractivity contribution in [1.82, 2.24) is 4.90 Å². The summed E-state index contributed by atoms with van der Waals surface area (Å²) < 4.78 is 6.19. The molecule has 8 heteroatoms. The van der Waals surface area contributed by atoms with Crippen LogP contribution in [-0.2, 0) is 6.54 Å². The Balaban J connectivity index is 2.21. The van der Waals surface area contributed by atoms with Gasteiger partial charge in [0.2, 0.25) is 0 Å². The summed E-state index contributed by atoms with van der Waals surface area (Å²) in [4.78, 5) is 25.6. The lowest BCUT2D eigenvalue weighted by atomic mass is 10.1. The molecule has 1 aromatic heterocycles. The van der Waals surface area contributed by atoms with Gasteiger partial charge in [-0.15, -0.1) is 11.3 Å². The molecule has 0 aliphatic rings. The van der Waals surface area contributed by atoms with E-state index in [9.17, 15) is 14.9 Å². The fourth-order valence-electron chi connectivity index (χ4n) is 2.03. The maximum atomic E-state index is 12.5. The van der Waals surface area contributed by atoms with Crippen LogP contribution < -0.4 is 4.74 Å². The molecule has 0 fully saturated rings. The molecule has 2 rings (SSSR count). The van der Waals surface area contributed by atoms with Crippen LogP contribution >= 0.6 is 27.3 Å². The van der Waals surface area contributed by atoms with E-state index in [-0.39, 0.29) is 22.9 Å². The normalized spacial score (nSPS) is 10.4. The zero-order valence-corrected chi connectivity index (χ0v) is 15.0. The van der Waals surface area contributed by atoms with Crippen molar-refractivity contribution in [1.29, 1.82) is 0 Å². The Morgan fingerprint density at radius 2 is 2.17 bits per heavy atom. The molecule has 1 amide bonds. The minimum Gasteiger partial charge on any atom is -0.487 e. The van der Waals surface area contributed by atoms with Crippen LogP contribution in [0.4, 0.5) is 5.69 Å². The Bertz CT molecular complexity index is 732. The summed E-state index contributed by atoms with van der Waals surface area (Å²) >= 11 is 4.91. The largest absolute Gasteiger partial charge is 0.487 e. The quantitative estimate of drug-likeness (QED) is 0.542. The van der Waals surface area contributed by atoms with E-state index in [1.807, 2.05) is 11.4 Å². The van der Waals surface area contributed by atoms with Crippen LogP contribution in [0.2, 0.25) is 0 Å². The molecule has 0 bridgehead atoms. The van der Waals surface area contributed by atoms with E-state index in [2.05, 4.69) is 15.9 Å². The van der Waals surface area contributed by atoms with Crippen LogP contribution in [-0.4, -0.2) is 29.4 Å². The van der Waals surface area contributed by atoms with Crippen molar-refractivity contribution in [2.45, 2.75) is 13.5 Å². The van der Waals surface area contributed by atoms with Gasteiger partial charge in [0, 0.05) is 33.4 Å². The second-order valence-electron chi connectivity index (χ2n) is 4.77. The number of nitrogens with zero attached hydrogens (tertiary/aromatic N) is 2. The standard InChI is InChI=1S/C15H15BrN2O4S/c1-3-22-14-5-4-10(6-13(14)18(20)21)15(19)17(2)8-12-7-11(16)9-23-12/h4-7,9H,3,8H2,1-2H3. The monoisotopic (exact) mass is 398 g/mol. The highest BCUT2D eigenvalue weighted by Gasteiger charge is 2.20. The molecular formula is C15H15BrN2O4S. The molecule has 23 heavy (non-hydrogen) atoms. The number of carbonyl (C=O) groups excluding carboxylic acids is 1. The van der Waals surface area contributed by atoms with Gasteiger partial charge in [-0.05, 0) is 41.1 Å². The highest BCUT2D eigenvalue weighted by Crippen LogP contribution is 2.29. The number of benzene rings is 1. The SMILES string of the molecule is CCOc1ccc(C(=O)N(C)Cc2cc(Br)cs2)cc1[N+](=O)[O-]. The molecule has 1 aromatic carbocycles. The number of ether oxygens (including phenoxy) is 1. The molecular weight excluding hydrogens is 384 g/mol. The predicted molar refractivity (Wildman–Crippen MR) is 92.1 cm³/mol. The Kier molecular flexibility index (Phi) is 5.73. The summed E-state index contributed by atoms with van der Waals surface area (Å²) in [5, 5.41) is 13.1. The second-order valence-corrected chi connectivity index (χ2v) is 6.68. The Morgan fingerprint density at radius 3 is 2.74 bits per heavy atom. The third-order valence-electron chi connectivity index (χ3n) is 3.06. The average molecular weight is 399 g/mol. The van der Waals surface area contributed by atoms with E-state index < -0.39 is 4.92 Å². The first-order chi connectivity index (χ1) is 10.9. The van der Waals surface area contributed by atoms with Gasteiger partial charge in [0.1, 0.15) is 0 Å². The number of nitro groups is 1. The molecule has 0 atom stereocenters. The van der Waals surface area contributed by atoms with E-state index in [0.717, 1.165) is 9.35 Å². The number of hydrogen-bond donors (Lipinski definition) is 0. The van der Waals surface area contributed by atoms with E-state index in [0.29, 0.717) is 13.2 Å². The van der Waals surface area contributed by atoms with E-state index in [1.165, 1.54) is 28.4 Å². The topological polar surface area (TPSA) is 72.7 Å². The summed E-state index contributed by atoms with van der Waals surface area (Å²) in [6.07, 6.45) is 0. The van der Waals surface area contributed by atoms with Crippen LogP contribution in [0, 0.1) is 10.1 Å². The third-order valence-corrected chi connectivity index (χ3v) is 4.75. The molecule has 1 heterocycles. The van der Waals surface area contributed by atoms with Crippen LogP contribution in [0.3, 0.4) is 0 Å². The molecule has 6 nitrogen and oxygen atoms in total. The summed E-state index contributed by atoms with van der Waals surface area (Å²) in [5.41, 5.74) is 0.0586. The van der Waals surface area contributed by atoms with Crippen molar-refractivity contribution < 1.29 is 14.5 Å². The van der Waals surface area contributed by atoms with Gasteiger partial charge in [-0.25, -0.2) is 0 Å². The van der Waals surface area contributed by atoms with Crippen molar-refractivity contribution in [3.63, 3.8) is 0 Å². The number of amides is 1. The molecule has 0 radical (unpaired) electrons. The lowest BCUT2D eigenvalue weighted by molar-refractivity contribution is -0.385. The number of thiophene rings is 1. The maximum Gasteiger partial charge on any atom is 0.311 e. The van der Waals surface area contributed by atoms with Crippen molar-refractivity contribution in [3.8, 4) is 5.75 Å². The first-order valence-corrected chi connectivity index (χ1v) is 8.49. The van der Waals surface area contributed by atoms with Gasteiger partial charge < -0.3 is 9.64 Å². The number of halogens is 1. The summed E-state index contributed by atoms with van der Waals surface area (Å²) in [7, 11) is 1.66. The summed E-state index contributed by atoms with van der Waals surface area (Å²) in [5.74, 6) is -0.112. The molecule has 0 aliphatic carbocycles. The first-order valence-electron chi connectivity index (χ1n) is 6.82. The van der Waals surface area contributed by atoms with Gasteiger partial charge in [-0.1, -0.05) is 0 Å². The number of nitro benzene ring substituents is 1. The van der Waals surface area contributed by atoms with Gasteiger partial charge >= 0.3 is 5.69 Å². The lowest BCUT2D eigenvalue weighted by Crippen LogP contribution is -2.25. The smallest absolute Gasteiger partial charge is 0.311 e. The molecule has 0 aliphatic heterocycles. The number of hydrogen-bond acceptors (Lipinski definition) is 5. The average Bonchev–Trinajstić information content (AvgIpc) is 2.92. The Morgan fingerprint density at radius 1 is 1.43 bits per heavy atom. The van der Waals surface area contributed by atoms with E-state index >= 15 is 0 Å². The van der Waals surface area contributed by atoms with Crippen molar-refractivity contribution in [2.75, 3.05) is 13.7 Å². The molecule has 122 valence electrons. The van der Waals surface area contributed by atoms with Crippen LogP contribution in [0.1, 0.15) is 22.2 Å². The fraction of sp³-hybridized carbons (Fsp3) is 0.267. The fourth-order valence-corrected chi connectivity index (χ4v) is 3.54. The Labute approximate surface area is 146 Å². The van der Waals surface area contributed by atoms with Crippen molar-refractivity contribution >= 4 is 38.9 Å². The molecule has 0 spiro atoms. The highest BCUT2D eigenvalue weighted by atomic mass is 79.9.